The lowest BCUT2D eigenvalue weighted by molar-refractivity contribution is -0.137. The zero-order valence-electron chi connectivity index (χ0n) is 19.2. The van der Waals surface area contributed by atoms with Crippen LogP contribution in [0.4, 0.5) is 4.39 Å². The number of aliphatic carboxylic acids is 1. The average molecular weight is 465 g/mol. The van der Waals surface area contributed by atoms with Gasteiger partial charge in [0.2, 0.25) is 0 Å². The number of pyridine rings is 1. The third kappa shape index (κ3) is 6.10. The van der Waals surface area contributed by atoms with Crippen LogP contribution in [0, 0.1) is 17.7 Å². The van der Waals surface area contributed by atoms with E-state index in [1.165, 1.54) is 25.0 Å². The van der Waals surface area contributed by atoms with Crippen LogP contribution in [0.25, 0.3) is 10.8 Å². The Morgan fingerprint density at radius 3 is 2.53 bits per heavy atom. The molecule has 1 aliphatic carbocycles. The van der Waals surface area contributed by atoms with Gasteiger partial charge >= 0.3 is 5.97 Å². The Kier molecular flexibility index (Phi) is 7.40. The van der Waals surface area contributed by atoms with Crippen molar-refractivity contribution in [3.63, 3.8) is 0 Å². The summed E-state index contributed by atoms with van der Waals surface area (Å²) in [6.07, 6.45) is 5.50. The van der Waals surface area contributed by atoms with Crippen LogP contribution < -0.4 is 10.1 Å². The largest absolute Gasteiger partial charge is 0.481 e. The summed E-state index contributed by atoms with van der Waals surface area (Å²) in [6.45, 7) is 2.06. The molecule has 1 saturated carbocycles. The van der Waals surface area contributed by atoms with Gasteiger partial charge in [-0.05, 0) is 66.1 Å². The minimum atomic E-state index is -0.886. The highest BCUT2D eigenvalue weighted by atomic mass is 19.1. The molecule has 2 N–H and O–H groups in total. The number of carboxylic acids is 1. The molecule has 1 heterocycles. The van der Waals surface area contributed by atoms with Gasteiger partial charge in [0, 0.05) is 24.0 Å². The highest BCUT2D eigenvalue weighted by Gasteiger charge is 2.20. The molecular weight excluding hydrogens is 435 g/mol. The molecule has 1 atom stereocenters. The van der Waals surface area contributed by atoms with E-state index in [9.17, 15) is 14.0 Å². The van der Waals surface area contributed by atoms with Crippen LogP contribution in [0.1, 0.15) is 55.2 Å². The number of carbonyl (C=O) groups is 2. The summed E-state index contributed by atoms with van der Waals surface area (Å²) in [6, 6.07) is 13.3. The molecule has 1 amide bonds. The number of fused-ring (bicyclic) bond motifs is 1. The fourth-order valence-corrected chi connectivity index (χ4v) is 4.49. The van der Waals surface area contributed by atoms with Crippen LogP contribution in [-0.2, 0) is 11.2 Å². The molecule has 1 fully saturated rings. The maximum atomic E-state index is 13.2. The third-order valence-corrected chi connectivity index (χ3v) is 6.26. The second kappa shape index (κ2) is 10.6. The van der Waals surface area contributed by atoms with Crippen LogP contribution in [0.5, 0.6) is 11.5 Å². The summed E-state index contributed by atoms with van der Waals surface area (Å²) in [5.74, 6) is 0.00160. The van der Waals surface area contributed by atoms with Crippen molar-refractivity contribution in [1.29, 1.82) is 0 Å². The van der Waals surface area contributed by atoms with Gasteiger partial charge in [-0.2, -0.15) is 0 Å². The zero-order chi connectivity index (χ0) is 24.1. The van der Waals surface area contributed by atoms with Crippen molar-refractivity contribution in [2.45, 2.75) is 45.4 Å². The number of nitrogens with one attached hydrogen (secondary N) is 1. The molecule has 1 aromatic heterocycles. The Morgan fingerprint density at radius 1 is 1.12 bits per heavy atom. The smallest absolute Gasteiger partial charge is 0.303 e. The van der Waals surface area contributed by atoms with E-state index in [0.29, 0.717) is 23.1 Å². The summed E-state index contributed by atoms with van der Waals surface area (Å²) in [5.41, 5.74) is 1.19. The molecule has 2 aromatic carbocycles. The molecule has 0 aliphatic heterocycles. The van der Waals surface area contributed by atoms with Gasteiger partial charge in [-0.3, -0.25) is 9.59 Å². The first-order valence-corrected chi connectivity index (χ1v) is 11.7. The van der Waals surface area contributed by atoms with E-state index in [-0.39, 0.29) is 30.6 Å². The lowest BCUT2D eigenvalue weighted by atomic mass is 9.97. The van der Waals surface area contributed by atoms with Gasteiger partial charge in [0.05, 0.1) is 0 Å². The summed E-state index contributed by atoms with van der Waals surface area (Å²) in [4.78, 5) is 28.4. The second-order valence-electron chi connectivity index (χ2n) is 9.16. The first-order chi connectivity index (χ1) is 16.4. The topological polar surface area (TPSA) is 88.5 Å². The number of carbonyl (C=O) groups excluding carboxylic acids is 1. The average Bonchev–Trinajstić information content (AvgIpc) is 3.32. The number of ether oxygens (including phenoxy) is 1. The molecule has 178 valence electrons. The van der Waals surface area contributed by atoms with Crippen molar-refractivity contribution in [2.75, 3.05) is 6.54 Å². The van der Waals surface area contributed by atoms with Crippen molar-refractivity contribution in [2.24, 2.45) is 11.8 Å². The third-order valence-electron chi connectivity index (χ3n) is 6.26. The van der Waals surface area contributed by atoms with Crippen LogP contribution >= 0.6 is 0 Å². The number of halogens is 1. The number of nitrogens with zero attached hydrogens (tertiary/aromatic N) is 1. The molecule has 3 aromatic rings. The predicted octanol–water partition coefficient (Wildman–Crippen LogP) is 5.74. The molecule has 0 radical (unpaired) electrons. The molecule has 7 heteroatoms. The Hall–Kier alpha value is -3.48. The molecular formula is C27H29FN2O4. The summed E-state index contributed by atoms with van der Waals surface area (Å²) < 4.78 is 19.1. The van der Waals surface area contributed by atoms with Crippen LogP contribution in [0.3, 0.4) is 0 Å². The van der Waals surface area contributed by atoms with Crippen LogP contribution in [-0.4, -0.2) is 28.5 Å². The molecule has 1 unspecified atom stereocenters. The van der Waals surface area contributed by atoms with Crippen molar-refractivity contribution in [3.8, 4) is 11.5 Å². The van der Waals surface area contributed by atoms with Gasteiger partial charge < -0.3 is 15.2 Å². The Bertz CT molecular complexity index is 1170. The number of rotatable bonds is 9. The maximum Gasteiger partial charge on any atom is 0.303 e. The number of carboxylic acid groups (broad SMARTS) is 1. The molecule has 0 saturated heterocycles. The van der Waals surface area contributed by atoms with E-state index >= 15 is 0 Å². The Balaban J connectivity index is 1.60. The SMILES string of the molecule is CC(CNC(=O)c1cc2ccc(Oc3ccc(F)cc3)cc2c(CC2CCCC2)n1)CC(=O)O. The minimum absolute atomic E-state index is 0.00477. The van der Waals surface area contributed by atoms with Crippen molar-refractivity contribution in [1.82, 2.24) is 10.3 Å². The van der Waals surface area contributed by atoms with Gasteiger partial charge in [-0.15, -0.1) is 0 Å². The van der Waals surface area contributed by atoms with Gasteiger partial charge in [0.25, 0.3) is 5.91 Å². The van der Waals surface area contributed by atoms with E-state index in [1.807, 2.05) is 18.2 Å². The first-order valence-electron chi connectivity index (χ1n) is 11.7. The zero-order valence-corrected chi connectivity index (χ0v) is 19.2. The van der Waals surface area contributed by atoms with Crippen LogP contribution in [0.2, 0.25) is 0 Å². The molecule has 6 nitrogen and oxygen atoms in total. The predicted molar refractivity (Wildman–Crippen MR) is 128 cm³/mol. The number of hydrogen-bond donors (Lipinski definition) is 2. The summed E-state index contributed by atoms with van der Waals surface area (Å²) in [5, 5.41) is 13.6. The fourth-order valence-electron chi connectivity index (χ4n) is 4.49. The Labute approximate surface area is 198 Å². The van der Waals surface area contributed by atoms with Crippen molar-refractivity contribution < 1.29 is 23.8 Å². The van der Waals surface area contributed by atoms with Gasteiger partial charge in [0.15, 0.2) is 0 Å². The van der Waals surface area contributed by atoms with E-state index < -0.39 is 5.97 Å². The van der Waals surface area contributed by atoms with Crippen LogP contribution in [0.15, 0.2) is 48.5 Å². The molecule has 1 aliphatic rings. The fraction of sp³-hybridized carbons (Fsp3) is 0.370. The van der Waals surface area contributed by atoms with Gasteiger partial charge in [-0.1, -0.05) is 38.7 Å². The number of benzene rings is 2. The normalized spacial score (nSPS) is 14.8. The lowest BCUT2D eigenvalue weighted by Gasteiger charge is -2.15. The maximum absolute atomic E-state index is 13.2. The van der Waals surface area contributed by atoms with Gasteiger partial charge in [-0.25, -0.2) is 9.37 Å². The number of amides is 1. The van der Waals surface area contributed by atoms with E-state index in [4.69, 9.17) is 14.8 Å². The highest BCUT2D eigenvalue weighted by molar-refractivity contribution is 5.97. The summed E-state index contributed by atoms with van der Waals surface area (Å²) in [7, 11) is 0. The van der Waals surface area contributed by atoms with Crippen molar-refractivity contribution in [3.05, 3.63) is 65.7 Å². The molecule has 4 rings (SSSR count). The second-order valence-corrected chi connectivity index (χ2v) is 9.16. The standard InChI is InChI=1S/C27H29FN2O4/c1-17(12-26(31)32)16-29-27(33)25-14-19-6-9-22(34-21-10-7-20(28)8-11-21)15-23(19)24(30-25)13-18-4-2-3-5-18/h6-11,14-15,17-18H,2-5,12-13,16H2,1H3,(H,29,33)(H,31,32). The minimum Gasteiger partial charge on any atom is -0.481 e. The Morgan fingerprint density at radius 2 is 1.82 bits per heavy atom. The van der Waals surface area contributed by atoms with Gasteiger partial charge in [0.1, 0.15) is 23.0 Å². The van der Waals surface area contributed by atoms with Crippen molar-refractivity contribution >= 4 is 22.6 Å². The quantitative estimate of drug-likeness (QED) is 0.422. The van der Waals surface area contributed by atoms with E-state index in [0.717, 1.165) is 35.7 Å². The number of hydrogen-bond acceptors (Lipinski definition) is 4. The van der Waals surface area contributed by atoms with E-state index in [2.05, 4.69) is 5.32 Å². The lowest BCUT2D eigenvalue weighted by Crippen LogP contribution is -2.30. The summed E-state index contributed by atoms with van der Waals surface area (Å²) >= 11 is 0. The molecule has 0 spiro atoms. The molecule has 34 heavy (non-hydrogen) atoms. The monoisotopic (exact) mass is 464 g/mol. The first kappa shape index (κ1) is 23.7. The highest BCUT2D eigenvalue weighted by Crippen LogP contribution is 2.32. The number of aromatic nitrogens is 1. The van der Waals surface area contributed by atoms with E-state index in [1.54, 1.807) is 25.1 Å². The molecule has 0 bridgehead atoms.